The Kier molecular flexibility index (Phi) is 2.47. The van der Waals surface area contributed by atoms with Crippen molar-refractivity contribution in [1.82, 2.24) is 9.78 Å². The molecule has 0 bridgehead atoms. The number of nitrogen functional groups attached to an aromatic ring is 1. The van der Waals surface area contributed by atoms with Crippen molar-refractivity contribution in [1.29, 1.82) is 0 Å². The summed E-state index contributed by atoms with van der Waals surface area (Å²) in [6.07, 6.45) is 1.21. The molecule has 0 unspecified atom stereocenters. The first-order chi connectivity index (χ1) is 8.00. The third-order valence-electron chi connectivity index (χ3n) is 2.08. The van der Waals surface area contributed by atoms with Crippen LogP contribution >= 0.6 is 0 Å². The minimum absolute atomic E-state index is 0.0444. The van der Waals surface area contributed by atoms with E-state index in [0.29, 0.717) is 6.07 Å². The third-order valence-corrected chi connectivity index (χ3v) is 2.08. The van der Waals surface area contributed by atoms with Crippen LogP contribution in [0.25, 0.3) is 5.69 Å². The first-order valence-corrected chi connectivity index (χ1v) is 4.44. The van der Waals surface area contributed by atoms with Crippen molar-refractivity contribution in [3.8, 4) is 5.69 Å². The number of rotatable bonds is 2. The maximum Gasteiger partial charge on any atom is 0.298 e. The van der Waals surface area contributed by atoms with Crippen molar-refractivity contribution in [2.24, 2.45) is 0 Å². The lowest BCUT2D eigenvalue weighted by Gasteiger charge is -2.04. The Hall–Kier alpha value is -2.51. The van der Waals surface area contributed by atoms with Gasteiger partial charge in [0.25, 0.3) is 5.69 Å². The summed E-state index contributed by atoms with van der Waals surface area (Å²) in [5, 5.41) is 14.3. The van der Waals surface area contributed by atoms with Crippen LogP contribution in [-0.2, 0) is 0 Å². The van der Waals surface area contributed by atoms with Gasteiger partial charge in [0.1, 0.15) is 5.82 Å². The number of benzene rings is 1. The summed E-state index contributed by atoms with van der Waals surface area (Å²) in [6.45, 7) is 0. The van der Waals surface area contributed by atoms with E-state index in [1.54, 1.807) is 0 Å². The van der Waals surface area contributed by atoms with Crippen molar-refractivity contribution in [2.45, 2.75) is 0 Å². The summed E-state index contributed by atoms with van der Waals surface area (Å²) in [5.74, 6) is -2.50. The van der Waals surface area contributed by atoms with E-state index in [9.17, 15) is 18.9 Å². The van der Waals surface area contributed by atoms with Gasteiger partial charge in [-0.25, -0.2) is 13.5 Å². The predicted octanol–water partition coefficient (Wildman–Crippen LogP) is 1.64. The standard InChI is InChI=1S/C9H6F2N4O2/c10-5-1-2-6(15(16)17)9(8(5)11)14-4-3-7(12)13-14/h1-4H,(H2,12,13). The van der Waals surface area contributed by atoms with E-state index in [0.717, 1.165) is 10.7 Å². The minimum atomic E-state index is -1.35. The fourth-order valence-electron chi connectivity index (χ4n) is 1.36. The molecule has 0 aliphatic heterocycles. The fraction of sp³-hybridized carbons (Fsp3) is 0. The van der Waals surface area contributed by atoms with Gasteiger partial charge in [0, 0.05) is 18.3 Å². The van der Waals surface area contributed by atoms with E-state index in [1.807, 2.05) is 0 Å². The zero-order chi connectivity index (χ0) is 12.6. The normalized spacial score (nSPS) is 10.5. The molecular weight excluding hydrogens is 234 g/mol. The molecule has 0 fully saturated rings. The zero-order valence-corrected chi connectivity index (χ0v) is 8.30. The highest BCUT2D eigenvalue weighted by molar-refractivity contribution is 5.53. The number of halogens is 2. The van der Waals surface area contributed by atoms with Crippen LogP contribution in [0.1, 0.15) is 0 Å². The predicted molar refractivity (Wildman–Crippen MR) is 54.5 cm³/mol. The van der Waals surface area contributed by atoms with Crippen LogP contribution < -0.4 is 5.73 Å². The maximum absolute atomic E-state index is 13.5. The molecule has 0 saturated heterocycles. The van der Waals surface area contributed by atoms with Gasteiger partial charge in [-0.2, -0.15) is 5.10 Å². The number of nitro groups is 1. The van der Waals surface area contributed by atoms with E-state index >= 15 is 0 Å². The monoisotopic (exact) mass is 240 g/mol. The van der Waals surface area contributed by atoms with Gasteiger partial charge in [0.15, 0.2) is 17.3 Å². The number of hydrogen-bond donors (Lipinski definition) is 1. The lowest BCUT2D eigenvalue weighted by atomic mass is 10.2. The molecule has 0 aliphatic rings. The number of nitrogens with zero attached hydrogens (tertiary/aromatic N) is 3. The van der Waals surface area contributed by atoms with Crippen LogP contribution in [0.4, 0.5) is 20.3 Å². The summed E-state index contributed by atoms with van der Waals surface area (Å²) in [7, 11) is 0. The quantitative estimate of drug-likeness (QED) is 0.638. The van der Waals surface area contributed by atoms with E-state index < -0.39 is 27.9 Å². The number of hydrogen-bond acceptors (Lipinski definition) is 4. The Bertz CT molecular complexity index is 597. The summed E-state index contributed by atoms with van der Waals surface area (Å²) in [4.78, 5) is 9.89. The largest absolute Gasteiger partial charge is 0.382 e. The van der Waals surface area contributed by atoms with Gasteiger partial charge in [-0.3, -0.25) is 10.1 Å². The molecule has 2 N–H and O–H groups in total. The highest BCUT2D eigenvalue weighted by atomic mass is 19.2. The van der Waals surface area contributed by atoms with Crippen molar-refractivity contribution in [3.05, 3.63) is 46.1 Å². The van der Waals surface area contributed by atoms with Crippen molar-refractivity contribution in [2.75, 3.05) is 5.73 Å². The van der Waals surface area contributed by atoms with E-state index in [-0.39, 0.29) is 5.82 Å². The van der Waals surface area contributed by atoms with Crippen LogP contribution in [0.3, 0.4) is 0 Å². The molecule has 0 atom stereocenters. The van der Waals surface area contributed by atoms with Crippen LogP contribution in [0.2, 0.25) is 0 Å². The molecule has 8 heteroatoms. The van der Waals surface area contributed by atoms with Crippen molar-refractivity contribution < 1.29 is 13.7 Å². The van der Waals surface area contributed by atoms with Gasteiger partial charge in [0.05, 0.1) is 4.92 Å². The topological polar surface area (TPSA) is 87.0 Å². The van der Waals surface area contributed by atoms with Gasteiger partial charge in [0.2, 0.25) is 0 Å². The highest BCUT2D eigenvalue weighted by Gasteiger charge is 2.23. The number of nitrogens with two attached hydrogens (primary N) is 1. The van der Waals surface area contributed by atoms with Gasteiger partial charge in [-0.05, 0) is 6.07 Å². The number of nitro benzene ring substituents is 1. The van der Waals surface area contributed by atoms with Gasteiger partial charge in [-0.1, -0.05) is 0 Å². The van der Waals surface area contributed by atoms with E-state index in [2.05, 4.69) is 5.10 Å². The summed E-state index contributed by atoms with van der Waals surface area (Å²) in [5.41, 5.74) is 4.14. The molecule has 0 spiro atoms. The van der Waals surface area contributed by atoms with Gasteiger partial charge < -0.3 is 5.73 Å². The molecule has 6 nitrogen and oxygen atoms in total. The Morgan fingerprint density at radius 1 is 1.35 bits per heavy atom. The smallest absolute Gasteiger partial charge is 0.298 e. The average Bonchev–Trinajstić information content (AvgIpc) is 2.68. The molecular formula is C9H6F2N4O2. The lowest BCUT2D eigenvalue weighted by molar-refractivity contribution is -0.384. The number of anilines is 1. The second kappa shape index (κ2) is 3.81. The second-order valence-corrected chi connectivity index (χ2v) is 3.17. The summed E-state index contributed by atoms with van der Waals surface area (Å²) < 4.78 is 27.4. The Morgan fingerprint density at radius 2 is 2.06 bits per heavy atom. The molecule has 1 heterocycles. The van der Waals surface area contributed by atoms with Crippen LogP contribution in [0.5, 0.6) is 0 Å². The van der Waals surface area contributed by atoms with E-state index in [1.165, 1.54) is 12.3 Å². The van der Waals surface area contributed by atoms with Crippen molar-refractivity contribution >= 4 is 11.5 Å². The molecule has 88 valence electrons. The Morgan fingerprint density at radius 3 is 2.59 bits per heavy atom. The molecule has 0 aliphatic carbocycles. The Balaban J connectivity index is 2.73. The molecule has 2 aromatic rings. The second-order valence-electron chi connectivity index (χ2n) is 3.17. The molecule has 0 radical (unpaired) electrons. The fourth-order valence-corrected chi connectivity index (χ4v) is 1.36. The molecule has 17 heavy (non-hydrogen) atoms. The highest BCUT2D eigenvalue weighted by Crippen LogP contribution is 2.27. The van der Waals surface area contributed by atoms with E-state index in [4.69, 9.17) is 5.73 Å². The molecule has 1 aromatic heterocycles. The van der Waals surface area contributed by atoms with Crippen LogP contribution in [-0.4, -0.2) is 14.7 Å². The average molecular weight is 240 g/mol. The third kappa shape index (κ3) is 1.80. The zero-order valence-electron chi connectivity index (χ0n) is 8.30. The molecule has 1 aromatic carbocycles. The lowest BCUT2D eigenvalue weighted by Crippen LogP contribution is -2.06. The molecule has 2 rings (SSSR count). The summed E-state index contributed by atoms with van der Waals surface area (Å²) >= 11 is 0. The first-order valence-electron chi connectivity index (χ1n) is 4.44. The first kappa shape index (κ1) is 11.0. The maximum atomic E-state index is 13.5. The van der Waals surface area contributed by atoms with Crippen LogP contribution in [0, 0.1) is 21.7 Å². The molecule has 0 saturated carbocycles. The minimum Gasteiger partial charge on any atom is -0.382 e. The SMILES string of the molecule is Nc1ccn(-c2c([N+](=O)[O-])ccc(F)c2F)n1. The Labute approximate surface area is 93.4 Å². The summed E-state index contributed by atoms with van der Waals surface area (Å²) in [6, 6.07) is 2.86. The van der Waals surface area contributed by atoms with Crippen LogP contribution in [0.15, 0.2) is 24.4 Å². The number of aromatic nitrogens is 2. The van der Waals surface area contributed by atoms with Gasteiger partial charge >= 0.3 is 0 Å². The molecule has 0 amide bonds. The van der Waals surface area contributed by atoms with Crippen molar-refractivity contribution in [3.63, 3.8) is 0 Å². The van der Waals surface area contributed by atoms with Gasteiger partial charge in [-0.15, -0.1) is 0 Å².